The number of rotatable bonds is 9. The number of hydrogen-bond acceptors (Lipinski definition) is 2. The maximum absolute atomic E-state index is 8.85. The summed E-state index contributed by atoms with van der Waals surface area (Å²) in [5.41, 5.74) is 6.47. The normalized spacial score (nSPS) is 11.0. The van der Waals surface area contributed by atoms with Crippen LogP contribution in [0.3, 0.4) is 0 Å². The lowest BCUT2D eigenvalue weighted by molar-refractivity contribution is 0.311. The summed E-state index contributed by atoms with van der Waals surface area (Å²) in [6.45, 7) is 0.734. The summed E-state index contributed by atoms with van der Waals surface area (Å²) in [6.07, 6.45) is 7.38. The van der Waals surface area contributed by atoms with Gasteiger partial charge in [-0.15, -0.1) is 0 Å². The molecule has 3 rings (SSSR count). The van der Waals surface area contributed by atoms with Crippen LogP contribution in [-0.4, -0.2) is 18.3 Å². The molecule has 0 aliphatic rings. The van der Waals surface area contributed by atoms with E-state index in [2.05, 4.69) is 96.3 Å². The van der Waals surface area contributed by atoms with Crippen molar-refractivity contribution in [3.63, 3.8) is 0 Å². The predicted molar refractivity (Wildman–Crippen MR) is 114 cm³/mol. The molecule has 2 nitrogen and oxygen atoms in total. The van der Waals surface area contributed by atoms with Crippen LogP contribution in [0.4, 0.5) is 5.69 Å². The zero-order chi connectivity index (χ0) is 18.7. The van der Waals surface area contributed by atoms with Crippen molar-refractivity contribution < 1.29 is 5.11 Å². The molecule has 0 radical (unpaired) electrons. The third-order valence-corrected chi connectivity index (χ3v) is 4.61. The highest BCUT2D eigenvalue weighted by Crippen LogP contribution is 2.16. The van der Waals surface area contributed by atoms with Crippen molar-refractivity contribution >= 4 is 5.69 Å². The minimum atomic E-state index is 0.149. The first kappa shape index (κ1) is 18.9. The Bertz CT molecular complexity index is 838. The Kier molecular flexibility index (Phi) is 7.25. The molecule has 2 N–H and O–H groups in total. The van der Waals surface area contributed by atoms with Gasteiger partial charge >= 0.3 is 0 Å². The van der Waals surface area contributed by atoms with Crippen molar-refractivity contribution in [1.82, 2.24) is 0 Å². The fourth-order valence-electron chi connectivity index (χ4n) is 3.13. The van der Waals surface area contributed by atoms with Crippen LogP contribution in [0.2, 0.25) is 0 Å². The van der Waals surface area contributed by atoms with E-state index in [1.165, 1.54) is 22.3 Å². The fourth-order valence-corrected chi connectivity index (χ4v) is 3.13. The monoisotopic (exact) mass is 357 g/mol. The number of allylic oxidation sites excluding steroid dienone is 2. The van der Waals surface area contributed by atoms with Crippen molar-refractivity contribution in [3.8, 4) is 0 Å². The first-order chi connectivity index (χ1) is 13.3. The number of nitrogens with one attached hydrogen (secondary N) is 1. The van der Waals surface area contributed by atoms with Gasteiger partial charge in [-0.3, -0.25) is 0 Å². The zero-order valence-corrected chi connectivity index (χ0v) is 15.6. The van der Waals surface area contributed by atoms with Gasteiger partial charge in [-0.05, 0) is 53.6 Å². The van der Waals surface area contributed by atoms with Crippen LogP contribution in [-0.2, 0) is 19.3 Å². The predicted octanol–water partition coefficient (Wildman–Crippen LogP) is 5.02. The summed E-state index contributed by atoms with van der Waals surface area (Å²) in [6, 6.07) is 27.7. The average molecular weight is 357 g/mol. The minimum Gasteiger partial charge on any atom is -0.395 e. The molecular formula is C25H27NO. The van der Waals surface area contributed by atoms with Gasteiger partial charge in [-0.2, -0.15) is 0 Å². The van der Waals surface area contributed by atoms with E-state index in [0.717, 1.165) is 24.9 Å². The van der Waals surface area contributed by atoms with Gasteiger partial charge in [0, 0.05) is 12.2 Å². The quantitative estimate of drug-likeness (QED) is 0.527. The van der Waals surface area contributed by atoms with Crippen LogP contribution in [0.5, 0.6) is 0 Å². The van der Waals surface area contributed by atoms with E-state index in [1.807, 2.05) is 0 Å². The molecular weight excluding hydrogens is 330 g/mol. The molecule has 0 aromatic heterocycles. The van der Waals surface area contributed by atoms with Crippen LogP contribution >= 0.6 is 0 Å². The van der Waals surface area contributed by atoms with Crippen molar-refractivity contribution in [2.45, 2.75) is 19.3 Å². The highest BCUT2D eigenvalue weighted by Gasteiger charge is 2.01. The number of aliphatic hydroxyl groups excluding tert-OH is 1. The molecule has 0 aliphatic carbocycles. The van der Waals surface area contributed by atoms with Gasteiger partial charge in [0.2, 0.25) is 0 Å². The Morgan fingerprint density at radius 1 is 0.667 bits per heavy atom. The van der Waals surface area contributed by atoms with Crippen molar-refractivity contribution in [2.24, 2.45) is 0 Å². The largest absolute Gasteiger partial charge is 0.395 e. The second kappa shape index (κ2) is 10.3. The van der Waals surface area contributed by atoms with Crippen LogP contribution < -0.4 is 5.32 Å². The summed E-state index contributed by atoms with van der Waals surface area (Å²) in [5, 5.41) is 12.0. The van der Waals surface area contributed by atoms with E-state index in [9.17, 15) is 0 Å². The molecule has 3 aromatic rings. The fraction of sp³-hybridized carbons (Fsp3) is 0.200. The molecule has 2 heteroatoms. The minimum absolute atomic E-state index is 0.149. The Morgan fingerprint density at radius 3 is 2.07 bits per heavy atom. The van der Waals surface area contributed by atoms with Gasteiger partial charge in [0.05, 0.1) is 6.61 Å². The Balaban J connectivity index is 1.55. The molecule has 0 unspecified atom stereocenters. The van der Waals surface area contributed by atoms with Gasteiger partial charge in [0.1, 0.15) is 0 Å². The summed E-state index contributed by atoms with van der Waals surface area (Å²) >= 11 is 0. The second-order valence-corrected chi connectivity index (χ2v) is 6.66. The average Bonchev–Trinajstić information content (AvgIpc) is 2.72. The highest BCUT2D eigenvalue weighted by molar-refractivity contribution is 5.44. The maximum atomic E-state index is 8.85. The molecule has 138 valence electrons. The molecule has 0 saturated heterocycles. The van der Waals surface area contributed by atoms with Crippen LogP contribution in [0.15, 0.2) is 91.0 Å². The molecule has 27 heavy (non-hydrogen) atoms. The Morgan fingerprint density at radius 2 is 1.33 bits per heavy atom. The molecule has 0 spiro atoms. The van der Waals surface area contributed by atoms with Crippen LogP contribution in [0, 0.1) is 0 Å². The lowest BCUT2D eigenvalue weighted by atomic mass is 9.97. The van der Waals surface area contributed by atoms with E-state index in [1.54, 1.807) is 0 Å². The van der Waals surface area contributed by atoms with E-state index >= 15 is 0 Å². The van der Waals surface area contributed by atoms with Crippen LogP contribution in [0.25, 0.3) is 0 Å². The molecule has 0 bridgehead atoms. The van der Waals surface area contributed by atoms with E-state index in [-0.39, 0.29) is 6.61 Å². The van der Waals surface area contributed by atoms with Crippen molar-refractivity contribution in [2.75, 3.05) is 18.5 Å². The SMILES string of the molecule is OCCNc1ccc(CC=CCc2ccccc2Cc2ccccc2)cc1. The van der Waals surface area contributed by atoms with Gasteiger partial charge in [-0.25, -0.2) is 0 Å². The first-order valence-corrected chi connectivity index (χ1v) is 9.54. The van der Waals surface area contributed by atoms with Crippen molar-refractivity contribution in [3.05, 3.63) is 113 Å². The maximum Gasteiger partial charge on any atom is 0.0604 e. The molecule has 0 aliphatic heterocycles. The number of hydrogen-bond donors (Lipinski definition) is 2. The van der Waals surface area contributed by atoms with E-state index in [0.29, 0.717) is 6.54 Å². The summed E-state index contributed by atoms with van der Waals surface area (Å²) in [5.74, 6) is 0. The second-order valence-electron chi connectivity index (χ2n) is 6.66. The van der Waals surface area contributed by atoms with Gasteiger partial charge in [-0.1, -0.05) is 78.9 Å². The molecule has 0 fully saturated rings. The summed E-state index contributed by atoms with van der Waals surface area (Å²) in [4.78, 5) is 0. The lowest BCUT2D eigenvalue weighted by Gasteiger charge is -2.08. The number of benzene rings is 3. The van der Waals surface area contributed by atoms with Gasteiger partial charge in [0.15, 0.2) is 0 Å². The first-order valence-electron chi connectivity index (χ1n) is 9.54. The Labute approximate surface area is 162 Å². The lowest BCUT2D eigenvalue weighted by Crippen LogP contribution is -2.05. The van der Waals surface area contributed by atoms with Gasteiger partial charge in [0.25, 0.3) is 0 Å². The van der Waals surface area contributed by atoms with Crippen molar-refractivity contribution in [1.29, 1.82) is 0 Å². The molecule has 0 heterocycles. The smallest absolute Gasteiger partial charge is 0.0604 e. The number of aliphatic hydroxyl groups is 1. The van der Waals surface area contributed by atoms with Gasteiger partial charge < -0.3 is 10.4 Å². The standard InChI is InChI=1S/C25H27NO/c27-19-18-26-25-16-14-21(15-17-25)8-4-5-11-23-12-6-7-13-24(23)20-22-9-2-1-3-10-22/h1-7,9-10,12-17,26-27H,8,11,18-20H2. The molecule has 0 saturated carbocycles. The summed E-state index contributed by atoms with van der Waals surface area (Å²) < 4.78 is 0. The topological polar surface area (TPSA) is 32.3 Å². The number of anilines is 1. The highest BCUT2D eigenvalue weighted by atomic mass is 16.3. The van der Waals surface area contributed by atoms with E-state index in [4.69, 9.17) is 5.11 Å². The summed E-state index contributed by atoms with van der Waals surface area (Å²) in [7, 11) is 0. The Hall–Kier alpha value is -2.84. The third kappa shape index (κ3) is 6.12. The molecule has 0 atom stereocenters. The van der Waals surface area contributed by atoms with E-state index < -0.39 is 0 Å². The molecule has 0 amide bonds. The zero-order valence-electron chi connectivity index (χ0n) is 15.6. The van der Waals surface area contributed by atoms with Crippen LogP contribution in [0.1, 0.15) is 22.3 Å². The third-order valence-electron chi connectivity index (χ3n) is 4.61. The molecule has 3 aromatic carbocycles.